The molecule has 0 saturated heterocycles. The average molecular weight is 444 g/mol. The third kappa shape index (κ3) is 3.65. The molecule has 1 N–H and O–H groups in total. The predicted octanol–water partition coefficient (Wildman–Crippen LogP) is 4.83. The molecule has 3 heterocycles. The summed E-state index contributed by atoms with van der Waals surface area (Å²) in [6, 6.07) is 17.7. The summed E-state index contributed by atoms with van der Waals surface area (Å²) in [7, 11) is 5.63. The number of carbonyl (C=O) groups is 1. The van der Waals surface area contributed by atoms with Gasteiger partial charge in [-0.1, -0.05) is 23.5 Å². The van der Waals surface area contributed by atoms with Gasteiger partial charge in [0.1, 0.15) is 17.2 Å². The number of carbonyl (C=O) groups excluding carboxylic acids is 1. The van der Waals surface area contributed by atoms with E-state index in [0.29, 0.717) is 17.2 Å². The largest absolute Gasteiger partial charge is 0.457 e. The number of pyridine rings is 1. The number of amides is 1. The summed E-state index contributed by atoms with van der Waals surface area (Å²) in [5.74, 6) is 0.996. The molecule has 0 aliphatic carbocycles. The third-order valence-electron chi connectivity index (χ3n) is 5.17. The number of rotatable bonds is 5. The zero-order valence-electron chi connectivity index (χ0n) is 17.9. The zero-order chi connectivity index (χ0) is 22.2. The Labute approximate surface area is 188 Å². The number of nitrogens with one attached hydrogen (secondary N) is 1. The minimum Gasteiger partial charge on any atom is -0.457 e. The zero-order valence-corrected chi connectivity index (χ0v) is 18.7. The van der Waals surface area contributed by atoms with Gasteiger partial charge in [-0.05, 0) is 30.3 Å². The van der Waals surface area contributed by atoms with Crippen LogP contribution in [0.3, 0.4) is 0 Å². The molecule has 1 amide bonds. The number of nitrogens with zero attached hydrogens (tertiary/aromatic N) is 4. The van der Waals surface area contributed by atoms with Crippen LogP contribution in [0.15, 0.2) is 67.0 Å². The summed E-state index contributed by atoms with van der Waals surface area (Å²) < 4.78 is 9.15. The summed E-state index contributed by atoms with van der Waals surface area (Å²) in [4.78, 5) is 23.7. The number of benzene rings is 2. The molecule has 160 valence electrons. The Morgan fingerprint density at radius 2 is 1.84 bits per heavy atom. The van der Waals surface area contributed by atoms with Crippen LogP contribution < -0.4 is 15.0 Å². The van der Waals surface area contributed by atoms with E-state index in [-0.39, 0.29) is 5.91 Å². The van der Waals surface area contributed by atoms with E-state index in [2.05, 4.69) is 50.1 Å². The van der Waals surface area contributed by atoms with Gasteiger partial charge < -0.3 is 15.0 Å². The van der Waals surface area contributed by atoms with E-state index < -0.39 is 0 Å². The second kappa shape index (κ2) is 7.97. The van der Waals surface area contributed by atoms with Gasteiger partial charge in [-0.2, -0.15) is 0 Å². The lowest BCUT2D eigenvalue weighted by Crippen LogP contribution is -2.18. The molecule has 5 rings (SSSR count). The first kappa shape index (κ1) is 20.0. The highest BCUT2D eigenvalue weighted by Crippen LogP contribution is 2.33. The van der Waals surface area contributed by atoms with Gasteiger partial charge in [0, 0.05) is 56.9 Å². The molecule has 8 heteroatoms. The highest BCUT2D eigenvalue weighted by Gasteiger charge is 2.12. The summed E-state index contributed by atoms with van der Waals surface area (Å²) in [6.45, 7) is 0. The van der Waals surface area contributed by atoms with Crippen LogP contribution in [0.5, 0.6) is 11.5 Å². The molecule has 7 nitrogen and oxygen atoms in total. The van der Waals surface area contributed by atoms with Crippen molar-refractivity contribution in [3.05, 3.63) is 72.7 Å². The lowest BCUT2D eigenvalue weighted by Gasteiger charge is -2.12. The fourth-order valence-corrected chi connectivity index (χ4v) is 4.51. The lowest BCUT2D eigenvalue weighted by atomic mass is 10.1. The minimum absolute atomic E-state index is 0.252. The van der Waals surface area contributed by atoms with Crippen molar-refractivity contribution in [3.63, 3.8) is 0 Å². The van der Waals surface area contributed by atoms with Crippen LogP contribution in [0.2, 0.25) is 0 Å². The minimum atomic E-state index is -0.252. The molecule has 0 aliphatic heterocycles. The Hall–Kier alpha value is -3.91. The predicted molar refractivity (Wildman–Crippen MR) is 128 cm³/mol. The molecule has 0 unspecified atom stereocenters. The third-order valence-corrected chi connectivity index (χ3v) is 6.19. The second-order valence-electron chi connectivity index (χ2n) is 7.51. The normalized spacial score (nSPS) is 11.1. The van der Waals surface area contributed by atoms with Crippen LogP contribution in [-0.2, 0) is 0 Å². The molecule has 0 radical (unpaired) electrons. The Morgan fingerprint density at radius 3 is 2.59 bits per heavy atom. The van der Waals surface area contributed by atoms with Gasteiger partial charge in [0.05, 0.1) is 15.9 Å². The number of aromatic nitrogens is 3. The summed E-state index contributed by atoms with van der Waals surface area (Å²) in [5.41, 5.74) is 4.57. The Bertz CT molecular complexity index is 1440. The van der Waals surface area contributed by atoms with Gasteiger partial charge in [-0.15, -0.1) is 0 Å². The van der Waals surface area contributed by atoms with Crippen LogP contribution in [0.4, 0.5) is 5.69 Å². The van der Waals surface area contributed by atoms with Crippen molar-refractivity contribution in [1.29, 1.82) is 0 Å². The number of hydrogen-bond acceptors (Lipinski definition) is 6. The van der Waals surface area contributed by atoms with Gasteiger partial charge in [0.2, 0.25) is 0 Å². The number of ether oxygens (including phenoxy) is 1. The van der Waals surface area contributed by atoms with E-state index in [4.69, 9.17) is 9.72 Å². The lowest BCUT2D eigenvalue weighted by molar-refractivity contribution is 0.0958. The highest BCUT2D eigenvalue weighted by molar-refractivity contribution is 7.23. The summed E-state index contributed by atoms with van der Waals surface area (Å²) in [6.07, 6.45) is 3.63. The maximum atomic E-state index is 11.8. The Morgan fingerprint density at radius 1 is 1.06 bits per heavy atom. The fraction of sp³-hybridized carbons (Fsp3) is 0.125. The number of hydrogen-bond donors (Lipinski definition) is 1. The maximum Gasteiger partial charge on any atom is 0.269 e. The van der Waals surface area contributed by atoms with Crippen molar-refractivity contribution in [2.75, 3.05) is 26.0 Å². The number of imidazole rings is 1. The summed E-state index contributed by atoms with van der Waals surface area (Å²) in [5, 5.41) is 2.57. The highest BCUT2D eigenvalue weighted by atomic mass is 32.1. The molecule has 0 atom stereocenters. The van der Waals surface area contributed by atoms with E-state index in [0.717, 1.165) is 32.1 Å². The molecule has 0 spiro atoms. The van der Waals surface area contributed by atoms with Crippen molar-refractivity contribution in [3.8, 4) is 22.8 Å². The van der Waals surface area contributed by atoms with Crippen LogP contribution in [0, 0.1) is 0 Å². The molecule has 3 aromatic heterocycles. The monoisotopic (exact) mass is 443 g/mol. The van der Waals surface area contributed by atoms with E-state index >= 15 is 0 Å². The van der Waals surface area contributed by atoms with E-state index in [1.54, 1.807) is 36.7 Å². The fourth-order valence-electron chi connectivity index (χ4n) is 3.48. The van der Waals surface area contributed by atoms with Gasteiger partial charge in [-0.25, -0.2) is 4.98 Å². The molecular formula is C24H21N5O2S. The molecule has 5 aromatic rings. The van der Waals surface area contributed by atoms with Crippen LogP contribution in [-0.4, -0.2) is 41.4 Å². The molecule has 0 saturated carbocycles. The van der Waals surface area contributed by atoms with Crippen LogP contribution >= 0.6 is 11.3 Å². The molecule has 2 aromatic carbocycles. The SMILES string of the molecule is CNC(=O)c1cc(Oc2ccc3c(c2)sc2nc(-c4ccc(N(C)C)cc4)cn23)ccn1. The second-order valence-corrected chi connectivity index (χ2v) is 8.52. The van der Waals surface area contributed by atoms with Crippen molar-refractivity contribution < 1.29 is 9.53 Å². The van der Waals surface area contributed by atoms with Crippen molar-refractivity contribution >= 4 is 38.1 Å². The summed E-state index contributed by atoms with van der Waals surface area (Å²) >= 11 is 1.61. The van der Waals surface area contributed by atoms with Crippen molar-refractivity contribution in [2.45, 2.75) is 0 Å². The van der Waals surface area contributed by atoms with Gasteiger partial charge in [0.15, 0.2) is 4.96 Å². The molecular weight excluding hydrogens is 422 g/mol. The number of anilines is 1. The van der Waals surface area contributed by atoms with E-state index in [1.165, 1.54) is 0 Å². The smallest absolute Gasteiger partial charge is 0.269 e. The quantitative estimate of drug-likeness (QED) is 0.421. The first-order valence-corrected chi connectivity index (χ1v) is 10.9. The van der Waals surface area contributed by atoms with Gasteiger partial charge in [0.25, 0.3) is 5.91 Å². The average Bonchev–Trinajstić information content (AvgIpc) is 3.36. The maximum absolute atomic E-state index is 11.8. The number of thiazole rings is 1. The first-order chi connectivity index (χ1) is 15.5. The van der Waals surface area contributed by atoms with Gasteiger partial charge >= 0.3 is 0 Å². The van der Waals surface area contributed by atoms with Crippen LogP contribution in [0.25, 0.3) is 26.4 Å². The molecule has 0 bridgehead atoms. The van der Waals surface area contributed by atoms with Crippen molar-refractivity contribution in [1.82, 2.24) is 19.7 Å². The number of fused-ring (bicyclic) bond motifs is 3. The first-order valence-electron chi connectivity index (χ1n) is 10.1. The molecule has 0 aliphatic rings. The van der Waals surface area contributed by atoms with E-state index in [1.807, 2.05) is 32.3 Å². The van der Waals surface area contributed by atoms with Crippen LogP contribution in [0.1, 0.15) is 10.5 Å². The Kier molecular flexibility index (Phi) is 4.99. The van der Waals surface area contributed by atoms with Crippen molar-refractivity contribution in [2.24, 2.45) is 0 Å². The Balaban J connectivity index is 1.43. The molecule has 32 heavy (non-hydrogen) atoms. The molecule has 0 fully saturated rings. The van der Waals surface area contributed by atoms with E-state index in [9.17, 15) is 4.79 Å². The van der Waals surface area contributed by atoms with Gasteiger partial charge in [-0.3, -0.25) is 14.2 Å². The standard InChI is InChI=1S/C24H21N5O2S/c1-25-23(30)19-12-18(10-11-26-19)31-17-8-9-21-22(13-17)32-24-27-20(14-29(21)24)15-4-6-16(7-5-15)28(2)3/h4-14H,1-3H3,(H,25,30). The topological polar surface area (TPSA) is 71.8 Å².